The van der Waals surface area contributed by atoms with E-state index >= 15 is 0 Å². The van der Waals surface area contributed by atoms with Crippen molar-refractivity contribution in [2.45, 2.75) is 38.1 Å². The van der Waals surface area contributed by atoms with Crippen LogP contribution < -0.4 is 10.2 Å². The fraction of sp³-hybridized carbons (Fsp3) is 0.435. The summed E-state index contributed by atoms with van der Waals surface area (Å²) in [6.45, 7) is 7.07. The van der Waals surface area contributed by atoms with Gasteiger partial charge in [-0.1, -0.05) is 13.0 Å². The molecule has 0 radical (unpaired) electrons. The summed E-state index contributed by atoms with van der Waals surface area (Å²) in [5.41, 5.74) is 5.04. The molecule has 0 aliphatic carbocycles. The Morgan fingerprint density at radius 1 is 1.15 bits per heavy atom. The molecule has 1 N–H and O–H groups in total. The standard InChI is InChI=1S/C23H28N6O3S2/c1-3-17-12-22(33-27-17)26-23-19-14-28(7-6-20(19)24-15-25-23)21-13-18(5-4-16(21)2)34(30,31)29-8-10-32-11-9-29/h4-5,12-13,15H,3,6-11,14H2,1-2H3,(H,24,25,26). The fourth-order valence-electron chi connectivity index (χ4n) is 4.33. The molecule has 0 spiro atoms. The highest BCUT2D eigenvalue weighted by molar-refractivity contribution is 7.89. The topological polar surface area (TPSA) is 101 Å². The molecule has 1 saturated heterocycles. The van der Waals surface area contributed by atoms with Gasteiger partial charge in [0, 0.05) is 43.9 Å². The summed E-state index contributed by atoms with van der Waals surface area (Å²) in [6, 6.07) is 7.44. The second kappa shape index (κ2) is 9.57. The zero-order valence-corrected chi connectivity index (χ0v) is 21.0. The van der Waals surface area contributed by atoms with Gasteiger partial charge < -0.3 is 15.0 Å². The lowest BCUT2D eigenvalue weighted by Gasteiger charge is -2.32. The molecule has 0 bridgehead atoms. The average molecular weight is 501 g/mol. The summed E-state index contributed by atoms with van der Waals surface area (Å²) in [6.07, 6.45) is 3.24. The van der Waals surface area contributed by atoms with Crippen LogP contribution in [-0.4, -0.2) is 59.9 Å². The highest BCUT2D eigenvalue weighted by Gasteiger charge is 2.28. The smallest absolute Gasteiger partial charge is 0.243 e. The first-order chi connectivity index (χ1) is 16.5. The average Bonchev–Trinajstić information content (AvgIpc) is 3.32. The highest BCUT2D eigenvalue weighted by atomic mass is 32.2. The van der Waals surface area contributed by atoms with Crippen LogP contribution in [0.4, 0.5) is 16.5 Å². The van der Waals surface area contributed by atoms with Crippen LogP contribution in [0.5, 0.6) is 0 Å². The van der Waals surface area contributed by atoms with Crippen molar-refractivity contribution < 1.29 is 13.2 Å². The molecular formula is C23H28N6O3S2. The number of aromatic nitrogens is 3. The van der Waals surface area contributed by atoms with Gasteiger partial charge in [-0.2, -0.15) is 8.68 Å². The van der Waals surface area contributed by atoms with Gasteiger partial charge in [-0.05, 0) is 48.6 Å². The van der Waals surface area contributed by atoms with Crippen LogP contribution in [0.3, 0.4) is 0 Å². The summed E-state index contributed by atoms with van der Waals surface area (Å²) < 4.78 is 37.7. The Morgan fingerprint density at radius 2 is 1.97 bits per heavy atom. The predicted octanol–water partition coefficient (Wildman–Crippen LogP) is 3.13. The lowest BCUT2D eigenvalue weighted by Crippen LogP contribution is -2.40. The van der Waals surface area contributed by atoms with Gasteiger partial charge >= 0.3 is 0 Å². The molecule has 180 valence electrons. The minimum atomic E-state index is -3.57. The van der Waals surface area contributed by atoms with E-state index in [1.165, 1.54) is 15.8 Å². The summed E-state index contributed by atoms with van der Waals surface area (Å²) in [7, 11) is -3.57. The van der Waals surface area contributed by atoms with Crippen LogP contribution >= 0.6 is 11.5 Å². The minimum Gasteiger partial charge on any atom is -0.379 e. The van der Waals surface area contributed by atoms with Crippen molar-refractivity contribution in [3.8, 4) is 0 Å². The molecule has 3 aromatic rings. The second-order valence-electron chi connectivity index (χ2n) is 8.44. The molecule has 1 aromatic carbocycles. The van der Waals surface area contributed by atoms with E-state index < -0.39 is 10.0 Å². The summed E-state index contributed by atoms with van der Waals surface area (Å²) in [4.78, 5) is 11.6. The molecular weight excluding hydrogens is 472 g/mol. The van der Waals surface area contributed by atoms with Crippen molar-refractivity contribution in [3.05, 3.63) is 53.1 Å². The van der Waals surface area contributed by atoms with Crippen LogP contribution in [0, 0.1) is 6.92 Å². The van der Waals surface area contributed by atoms with E-state index in [0.29, 0.717) is 37.7 Å². The van der Waals surface area contributed by atoms with E-state index in [2.05, 4.69) is 31.5 Å². The number of fused-ring (bicyclic) bond motifs is 1. The maximum atomic E-state index is 13.2. The van der Waals surface area contributed by atoms with E-state index in [4.69, 9.17) is 4.74 Å². The third kappa shape index (κ3) is 4.52. The van der Waals surface area contributed by atoms with Gasteiger partial charge in [-0.15, -0.1) is 0 Å². The van der Waals surface area contributed by atoms with Crippen LogP contribution in [0.2, 0.25) is 0 Å². The molecule has 0 atom stereocenters. The number of rotatable bonds is 6. The highest BCUT2D eigenvalue weighted by Crippen LogP contribution is 2.33. The number of sulfonamides is 1. The van der Waals surface area contributed by atoms with Gasteiger partial charge in [-0.3, -0.25) is 0 Å². The Bertz CT molecular complexity index is 1290. The molecule has 1 fully saturated rings. The monoisotopic (exact) mass is 500 g/mol. The molecule has 11 heteroatoms. The number of nitrogens with one attached hydrogen (secondary N) is 1. The molecule has 34 heavy (non-hydrogen) atoms. The summed E-state index contributed by atoms with van der Waals surface area (Å²) >= 11 is 1.42. The summed E-state index contributed by atoms with van der Waals surface area (Å²) in [5.74, 6) is 0.774. The predicted molar refractivity (Wildman–Crippen MR) is 132 cm³/mol. The van der Waals surface area contributed by atoms with Crippen LogP contribution in [-0.2, 0) is 34.1 Å². The first-order valence-electron chi connectivity index (χ1n) is 11.4. The number of anilines is 3. The molecule has 9 nitrogen and oxygen atoms in total. The van der Waals surface area contributed by atoms with Crippen molar-refractivity contribution in [2.24, 2.45) is 0 Å². The Balaban J connectivity index is 1.43. The van der Waals surface area contributed by atoms with Crippen molar-refractivity contribution in [3.63, 3.8) is 0 Å². The number of aryl methyl sites for hydroxylation is 2. The zero-order chi connectivity index (χ0) is 23.7. The van der Waals surface area contributed by atoms with E-state index in [0.717, 1.165) is 58.4 Å². The SMILES string of the molecule is CCc1cc(Nc2ncnc3c2CN(c2cc(S(=O)(=O)N4CCOCC4)ccc2C)CC3)sn1. The van der Waals surface area contributed by atoms with Gasteiger partial charge in [0.05, 0.1) is 29.5 Å². The first kappa shape index (κ1) is 23.2. The van der Waals surface area contributed by atoms with Gasteiger partial charge in [-0.25, -0.2) is 18.4 Å². The van der Waals surface area contributed by atoms with Crippen LogP contribution in [0.15, 0.2) is 35.5 Å². The van der Waals surface area contributed by atoms with E-state index in [1.807, 2.05) is 19.1 Å². The Labute approximate surface area is 204 Å². The Hall–Kier alpha value is -2.60. The van der Waals surface area contributed by atoms with Gasteiger partial charge in [0.15, 0.2) is 0 Å². The molecule has 2 aromatic heterocycles. The van der Waals surface area contributed by atoms with E-state index in [1.54, 1.807) is 18.5 Å². The third-order valence-corrected chi connectivity index (χ3v) is 8.93. The maximum Gasteiger partial charge on any atom is 0.243 e. The first-order valence-corrected chi connectivity index (χ1v) is 13.7. The second-order valence-corrected chi connectivity index (χ2v) is 11.2. The van der Waals surface area contributed by atoms with Crippen molar-refractivity contribution in [1.29, 1.82) is 0 Å². The van der Waals surface area contributed by atoms with Gasteiger partial charge in [0.2, 0.25) is 10.0 Å². The van der Waals surface area contributed by atoms with Gasteiger partial charge in [0.25, 0.3) is 0 Å². The quantitative estimate of drug-likeness (QED) is 0.551. The molecule has 0 amide bonds. The summed E-state index contributed by atoms with van der Waals surface area (Å²) in [5, 5.41) is 4.36. The number of hydrogen-bond acceptors (Lipinski definition) is 9. The Morgan fingerprint density at radius 3 is 2.74 bits per heavy atom. The number of nitrogens with zero attached hydrogens (tertiary/aromatic N) is 5. The van der Waals surface area contributed by atoms with E-state index in [9.17, 15) is 8.42 Å². The van der Waals surface area contributed by atoms with Crippen molar-refractivity contribution in [1.82, 2.24) is 18.6 Å². The normalized spacial score (nSPS) is 16.9. The molecule has 2 aliphatic rings. The largest absolute Gasteiger partial charge is 0.379 e. The number of hydrogen-bond donors (Lipinski definition) is 1. The molecule has 2 aliphatic heterocycles. The van der Waals surface area contributed by atoms with E-state index in [-0.39, 0.29) is 0 Å². The fourth-order valence-corrected chi connectivity index (χ4v) is 6.49. The number of morpholine rings is 1. The lowest BCUT2D eigenvalue weighted by atomic mass is 10.0. The lowest BCUT2D eigenvalue weighted by molar-refractivity contribution is 0.0730. The Kier molecular flexibility index (Phi) is 6.52. The van der Waals surface area contributed by atoms with Crippen molar-refractivity contribution in [2.75, 3.05) is 43.1 Å². The number of benzene rings is 1. The van der Waals surface area contributed by atoms with Crippen LogP contribution in [0.25, 0.3) is 0 Å². The number of ether oxygens (including phenoxy) is 1. The van der Waals surface area contributed by atoms with Crippen molar-refractivity contribution >= 4 is 38.1 Å². The third-order valence-electron chi connectivity index (χ3n) is 6.29. The molecule has 5 rings (SSSR count). The minimum absolute atomic E-state index is 0.320. The molecule has 0 saturated carbocycles. The van der Waals surface area contributed by atoms with Crippen LogP contribution in [0.1, 0.15) is 29.4 Å². The molecule has 4 heterocycles. The molecule has 0 unspecified atom stereocenters. The zero-order valence-electron chi connectivity index (χ0n) is 19.3. The maximum absolute atomic E-state index is 13.2. The van der Waals surface area contributed by atoms with Gasteiger partial charge in [0.1, 0.15) is 17.1 Å².